The van der Waals surface area contributed by atoms with Gasteiger partial charge in [-0.1, -0.05) is 0 Å². The molecule has 0 atom stereocenters. The number of rotatable bonds is 0. The highest BCUT2D eigenvalue weighted by molar-refractivity contribution is 5.78. The summed E-state index contributed by atoms with van der Waals surface area (Å²) in [7, 11) is 0. The van der Waals surface area contributed by atoms with E-state index in [-0.39, 0.29) is 7.43 Å². The third-order valence-corrected chi connectivity index (χ3v) is 3.49. The third-order valence-electron chi connectivity index (χ3n) is 3.49. The summed E-state index contributed by atoms with van der Waals surface area (Å²) in [6.45, 7) is 4.96. The number of carbonyl (C=O) groups excluding carboxylic acids is 1. The Morgan fingerprint density at radius 3 is 1.92 bits per heavy atom. The summed E-state index contributed by atoms with van der Waals surface area (Å²) in [5, 5.41) is 0. The highest BCUT2D eigenvalue weighted by atomic mass is 16.1. The van der Waals surface area contributed by atoms with Gasteiger partial charge in [-0.05, 0) is 19.3 Å². The summed E-state index contributed by atoms with van der Waals surface area (Å²) in [5.74, 6) is 0.490. The smallest absolute Gasteiger partial charge is 0.144 e. The number of quaternary nitrogens is 1. The lowest BCUT2D eigenvalue weighted by Crippen LogP contribution is -2.55. The van der Waals surface area contributed by atoms with E-state index in [0.717, 1.165) is 25.9 Å². The molecular formula is C11H21NO. The predicted molar refractivity (Wildman–Crippen MR) is 54.2 cm³/mol. The molecule has 0 unspecified atom stereocenters. The van der Waals surface area contributed by atoms with Gasteiger partial charge < -0.3 is 11.9 Å². The molecule has 2 heterocycles. The van der Waals surface area contributed by atoms with E-state index in [1.165, 1.54) is 36.8 Å². The molecule has 2 aliphatic heterocycles. The van der Waals surface area contributed by atoms with E-state index in [2.05, 4.69) is 0 Å². The number of ketones is 1. The molecular weight excluding hydrogens is 162 g/mol. The second-order valence-corrected chi connectivity index (χ2v) is 4.34. The van der Waals surface area contributed by atoms with Crippen molar-refractivity contribution in [1.82, 2.24) is 0 Å². The molecule has 2 heteroatoms. The van der Waals surface area contributed by atoms with Crippen molar-refractivity contribution >= 4 is 5.78 Å². The van der Waals surface area contributed by atoms with Gasteiger partial charge in [0.05, 0.1) is 39.0 Å². The summed E-state index contributed by atoms with van der Waals surface area (Å²) in [4.78, 5) is 11.1. The quantitative estimate of drug-likeness (QED) is 0.413. The van der Waals surface area contributed by atoms with Crippen LogP contribution in [0.1, 0.15) is 32.1 Å². The fraction of sp³-hybridized carbons (Fsp3) is 0.818. The minimum absolute atomic E-state index is 0. The molecule has 0 aromatic carbocycles. The Balaban J connectivity index is 0.000000845. The molecule has 0 aliphatic carbocycles. The highest BCUT2D eigenvalue weighted by Crippen LogP contribution is 2.23. The molecule has 0 bridgehead atoms. The maximum Gasteiger partial charge on any atom is 0.144 e. The average molecular weight is 183 g/mol. The van der Waals surface area contributed by atoms with Gasteiger partial charge in [0, 0.05) is 0 Å². The second-order valence-electron chi connectivity index (χ2n) is 4.34. The van der Waals surface area contributed by atoms with Crippen molar-refractivity contribution in [2.24, 2.45) is 0 Å². The molecule has 0 aromatic heterocycles. The fourth-order valence-electron chi connectivity index (χ4n) is 2.59. The summed E-state index contributed by atoms with van der Waals surface area (Å²) >= 11 is 0. The Labute approximate surface area is 81.5 Å². The number of nitrogens with zero attached hydrogens (tertiary/aromatic N) is 1. The van der Waals surface area contributed by atoms with Crippen LogP contribution in [0.3, 0.4) is 0 Å². The van der Waals surface area contributed by atoms with Crippen molar-refractivity contribution in [3.8, 4) is 0 Å². The van der Waals surface area contributed by atoms with E-state index in [0.29, 0.717) is 5.78 Å². The minimum Gasteiger partial charge on any atom is -0.358 e. The first-order chi connectivity index (χ1) is 5.81. The Morgan fingerprint density at radius 1 is 0.846 bits per heavy atom. The van der Waals surface area contributed by atoms with E-state index in [9.17, 15) is 4.79 Å². The van der Waals surface area contributed by atoms with E-state index >= 15 is 0 Å². The molecule has 76 valence electrons. The zero-order valence-electron chi connectivity index (χ0n) is 8.72. The number of hydrogen-bond acceptors (Lipinski definition) is 1. The van der Waals surface area contributed by atoms with Gasteiger partial charge in [0.2, 0.25) is 0 Å². The van der Waals surface area contributed by atoms with Gasteiger partial charge in [0.1, 0.15) is 5.78 Å². The monoisotopic (exact) mass is 183 g/mol. The van der Waals surface area contributed by atoms with E-state index in [1.807, 2.05) is 0 Å². The van der Waals surface area contributed by atoms with Crippen molar-refractivity contribution < 1.29 is 9.28 Å². The van der Waals surface area contributed by atoms with Gasteiger partial charge in [-0.25, -0.2) is 0 Å². The maximum absolute atomic E-state index is 11.1. The topological polar surface area (TPSA) is 17.1 Å². The number of hydrogen-bond donors (Lipinski definition) is 0. The standard InChI is InChI=1S/C10H18NO.CH3/c12-10-4-8-11(9-5-10)6-2-1-3-7-11;/h1-9H2;1H3/q+1;-1. The highest BCUT2D eigenvalue weighted by Gasteiger charge is 2.33. The molecule has 2 fully saturated rings. The summed E-state index contributed by atoms with van der Waals surface area (Å²) in [6.07, 6.45) is 5.87. The lowest BCUT2D eigenvalue weighted by molar-refractivity contribution is -0.933. The molecule has 0 saturated carbocycles. The second kappa shape index (κ2) is 4.23. The molecule has 0 radical (unpaired) electrons. The molecule has 2 nitrogen and oxygen atoms in total. The van der Waals surface area contributed by atoms with Crippen LogP contribution >= 0.6 is 0 Å². The van der Waals surface area contributed by atoms with E-state index < -0.39 is 0 Å². The SMILES string of the molecule is O=C1CC[N+]2(CCCCC2)CC1.[CH3-]. The van der Waals surface area contributed by atoms with E-state index in [1.54, 1.807) is 0 Å². The van der Waals surface area contributed by atoms with Crippen molar-refractivity contribution in [1.29, 1.82) is 0 Å². The average Bonchev–Trinajstić information content (AvgIpc) is 2.13. The first-order valence-corrected chi connectivity index (χ1v) is 5.18. The van der Waals surface area contributed by atoms with Gasteiger partial charge >= 0.3 is 0 Å². The van der Waals surface area contributed by atoms with Crippen LogP contribution in [0.15, 0.2) is 0 Å². The first-order valence-electron chi connectivity index (χ1n) is 5.18. The van der Waals surface area contributed by atoms with Gasteiger partial charge in [-0.3, -0.25) is 4.79 Å². The van der Waals surface area contributed by atoms with Crippen molar-refractivity contribution in [2.45, 2.75) is 32.1 Å². The van der Waals surface area contributed by atoms with Crippen LogP contribution in [0.2, 0.25) is 0 Å². The Hall–Kier alpha value is -0.370. The predicted octanol–water partition coefficient (Wildman–Crippen LogP) is 1.80. The minimum atomic E-state index is 0. The molecule has 13 heavy (non-hydrogen) atoms. The lowest BCUT2D eigenvalue weighted by atomic mass is 10.0. The summed E-state index contributed by atoms with van der Waals surface area (Å²) in [6, 6.07) is 0. The Kier molecular flexibility index (Phi) is 3.48. The fourth-order valence-corrected chi connectivity index (χ4v) is 2.59. The Morgan fingerprint density at radius 2 is 1.38 bits per heavy atom. The number of piperidine rings is 2. The van der Waals surface area contributed by atoms with Crippen molar-refractivity contribution in [2.75, 3.05) is 26.2 Å². The van der Waals surface area contributed by atoms with Crippen LogP contribution in [0.25, 0.3) is 0 Å². The molecule has 0 aromatic rings. The zero-order valence-corrected chi connectivity index (χ0v) is 8.72. The first kappa shape index (κ1) is 10.7. The molecule has 2 rings (SSSR count). The normalized spacial score (nSPS) is 26.9. The Bertz CT molecular complexity index is 171. The number of Topliss-reactive ketones (excluding diaryl/α,β-unsaturated/α-hetero) is 1. The van der Waals surface area contributed by atoms with E-state index in [4.69, 9.17) is 0 Å². The van der Waals surface area contributed by atoms with Crippen LogP contribution in [-0.4, -0.2) is 36.4 Å². The van der Waals surface area contributed by atoms with Gasteiger partial charge in [0.25, 0.3) is 0 Å². The third kappa shape index (κ3) is 2.31. The van der Waals surface area contributed by atoms with Crippen LogP contribution in [0.5, 0.6) is 0 Å². The van der Waals surface area contributed by atoms with Crippen molar-refractivity contribution in [3.63, 3.8) is 0 Å². The van der Waals surface area contributed by atoms with Crippen LogP contribution in [-0.2, 0) is 4.79 Å². The van der Waals surface area contributed by atoms with Crippen LogP contribution in [0.4, 0.5) is 0 Å². The largest absolute Gasteiger partial charge is 0.358 e. The van der Waals surface area contributed by atoms with Gasteiger partial charge in [-0.2, -0.15) is 0 Å². The molecule has 1 spiro atoms. The van der Waals surface area contributed by atoms with Crippen LogP contribution in [0, 0.1) is 7.43 Å². The van der Waals surface area contributed by atoms with Gasteiger partial charge in [0.15, 0.2) is 0 Å². The number of carbonyl (C=O) groups is 1. The molecule has 2 aliphatic rings. The molecule has 2 saturated heterocycles. The van der Waals surface area contributed by atoms with Crippen molar-refractivity contribution in [3.05, 3.63) is 7.43 Å². The van der Waals surface area contributed by atoms with Gasteiger partial charge in [-0.15, -0.1) is 0 Å². The maximum atomic E-state index is 11.1. The molecule has 0 N–H and O–H groups in total. The van der Waals surface area contributed by atoms with Crippen LogP contribution < -0.4 is 0 Å². The lowest BCUT2D eigenvalue weighted by Gasteiger charge is -2.43. The summed E-state index contributed by atoms with van der Waals surface area (Å²) < 4.78 is 1.27. The summed E-state index contributed by atoms with van der Waals surface area (Å²) in [5.41, 5.74) is 0. The zero-order chi connectivity index (χ0) is 8.44. The molecule has 0 amide bonds.